The third kappa shape index (κ3) is 3.90. The Bertz CT molecular complexity index is 1030. The average Bonchev–Trinajstić information content (AvgIpc) is 2.70. The van der Waals surface area contributed by atoms with Gasteiger partial charge in [-0.3, -0.25) is 9.78 Å². The molecular formula is C21H18Cl3N3O. The van der Waals surface area contributed by atoms with Crippen molar-refractivity contribution < 1.29 is 4.79 Å². The first kappa shape index (κ1) is 19.3. The van der Waals surface area contributed by atoms with E-state index in [2.05, 4.69) is 15.2 Å². The normalized spacial score (nSPS) is 15.0. The van der Waals surface area contributed by atoms with Gasteiger partial charge in [0.2, 0.25) is 0 Å². The molecule has 1 aliphatic rings. The summed E-state index contributed by atoms with van der Waals surface area (Å²) in [6.07, 6.45) is 3.50. The first-order chi connectivity index (χ1) is 13.5. The van der Waals surface area contributed by atoms with Gasteiger partial charge >= 0.3 is 0 Å². The molecule has 1 aromatic heterocycles. The number of hydrogen-bond acceptors (Lipinski definition) is 3. The second-order valence-electron chi connectivity index (χ2n) is 6.83. The molecule has 0 spiro atoms. The van der Waals surface area contributed by atoms with E-state index in [4.69, 9.17) is 34.8 Å². The molecule has 0 unspecified atom stereocenters. The monoisotopic (exact) mass is 433 g/mol. The Morgan fingerprint density at radius 2 is 1.86 bits per heavy atom. The van der Waals surface area contributed by atoms with Crippen LogP contribution in [-0.2, 0) is 0 Å². The molecular weight excluding hydrogens is 417 g/mol. The van der Waals surface area contributed by atoms with Gasteiger partial charge in [-0.1, -0.05) is 40.9 Å². The van der Waals surface area contributed by atoms with Crippen LogP contribution >= 0.6 is 34.8 Å². The number of nitrogens with zero attached hydrogens (tertiary/aromatic N) is 2. The Morgan fingerprint density at radius 3 is 2.64 bits per heavy atom. The summed E-state index contributed by atoms with van der Waals surface area (Å²) in [4.78, 5) is 19.3. The number of fused-ring (bicyclic) bond motifs is 1. The molecule has 1 N–H and O–H groups in total. The molecule has 4 nitrogen and oxygen atoms in total. The number of rotatable bonds is 3. The maximum atomic E-state index is 12.6. The van der Waals surface area contributed by atoms with Crippen LogP contribution in [-0.4, -0.2) is 30.0 Å². The summed E-state index contributed by atoms with van der Waals surface area (Å²) in [5.74, 6) is -0.188. The predicted octanol–water partition coefficient (Wildman–Crippen LogP) is 5.59. The number of hydrogen-bond donors (Lipinski definition) is 1. The summed E-state index contributed by atoms with van der Waals surface area (Å²) >= 11 is 18.4. The highest BCUT2D eigenvalue weighted by atomic mass is 35.5. The standard InChI is InChI=1S/C21H18Cl3N3O/c22-13-4-5-18-16(12-13)19(6-9-25-18)27-10-7-14(8-11-27)26-21(28)15-2-1-3-17(23)20(15)24/h1-6,9,12,14H,7-8,10-11H2,(H,26,28). The van der Waals surface area contributed by atoms with Gasteiger partial charge in [-0.05, 0) is 49.2 Å². The van der Waals surface area contributed by atoms with Crippen LogP contribution < -0.4 is 10.2 Å². The average molecular weight is 435 g/mol. The third-order valence-corrected chi connectivity index (χ3v) is 6.10. The minimum atomic E-state index is -0.188. The highest BCUT2D eigenvalue weighted by molar-refractivity contribution is 6.43. The van der Waals surface area contributed by atoms with Crippen molar-refractivity contribution >= 4 is 57.3 Å². The Kier molecular flexibility index (Phi) is 5.63. The van der Waals surface area contributed by atoms with Crippen LogP contribution in [0.3, 0.4) is 0 Å². The number of piperidine rings is 1. The van der Waals surface area contributed by atoms with Gasteiger partial charge in [-0.2, -0.15) is 0 Å². The zero-order valence-corrected chi connectivity index (χ0v) is 17.2. The highest BCUT2D eigenvalue weighted by Crippen LogP contribution is 2.30. The number of carbonyl (C=O) groups is 1. The predicted molar refractivity (Wildman–Crippen MR) is 116 cm³/mol. The number of benzene rings is 2. The number of nitrogens with one attached hydrogen (secondary N) is 1. The van der Waals surface area contributed by atoms with Crippen molar-refractivity contribution in [3.8, 4) is 0 Å². The number of pyridine rings is 1. The SMILES string of the molecule is O=C(NC1CCN(c2ccnc3ccc(Cl)cc23)CC1)c1cccc(Cl)c1Cl. The van der Waals surface area contributed by atoms with Crippen LogP contribution in [0.2, 0.25) is 15.1 Å². The summed E-state index contributed by atoms with van der Waals surface area (Å²) in [5.41, 5.74) is 2.45. The lowest BCUT2D eigenvalue weighted by Crippen LogP contribution is -2.44. The largest absolute Gasteiger partial charge is 0.371 e. The topological polar surface area (TPSA) is 45.2 Å². The first-order valence-corrected chi connectivity index (χ1v) is 10.2. The van der Waals surface area contributed by atoms with Gasteiger partial charge < -0.3 is 10.2 Å². The van der Waals surface area contributed by atoms with Crippen molar-refractivity contribution in [2.24, 2.45) is 0 Å². The minimum Gasteiger partial charge on any atom is -0.371 e. The van der Waals surface area contributed by atoms with Gasteiger partial charge in [0.25, 0.3) is 5.91 Å². The van der Waals surface area contributed by atoms with Gasteiger partial charge in [0, 0.05) is 41.4 Å². The van der Waals surface area contributed by atoms with Gasteiger partial charge in [0.15, 0.2) is 0 Å². The number of anilines is 1. The quantitative estimate of drug-likeness (QED) is 0.584. The molecule has 2 heterocycles. The molecule has 7 heteroatoms. The van der Waals surface area contributed by atoms with Crippen molar-refractivity contribution in [3.05, 3.63) is 69.3 Å². The minimum absolute atomic E-state index is 0.0930. The van der Waals surface area contributed by atoms with E-state index < -0.39 is 0 Å². The summed E-state index contributed by atoms with van der Waals surface area (Å²) in [6.45, 7) is 1.67. The van der Waals surface area contributed by atoms with E-state index in [0.717, 1.165) is 42.5 Å². The smallest absolute Gasteiger partial charge is 0.253 e. The van der Waals surface area contributed by atoms with Crippen molar-refractivity contribution in [2.75, 3.05) is 18.0 Å². The van der Waals surface area contributed by atoms with Crippen LogP contribution in [0.1, 0.15) is 23.2 Å². The molecule has 0 atom stereocenters. The molecule has 144 valence electrons. The molecule has 4 rings (SSSR count). The Labute approximate surface area is 178 Å². The lowest BCUT2D eigenvalue weighted by molar-refractivity contribution is 0.0931. The molecule has 0 aliphatic carbocycles. The van der Waals surface area contributed by atoms with E-state index in [1.165, 1.54) is 0 Å². The molecule has 2 aromatic carbocycles. The van der Waals surface area contributed by atoms with E-state index in [-0.39, 0.29) is 11.9 Å². The van der Waals surface area contributed by atoms with Crippen molar-refractivity contribution in [3.63, 3.8) is 0 Å². The molecule has 0 bridgehead atoms. The van der Waals surface area contributed by atoms with E-state index in [1.54, 1.807) is 18.2 Å². The summed E-state index contributed by atoms with van der Waals surface area (Å²) in [5, 5.41) is 5.49. The fourth-order valence-corrected chi connectivity index (χ4v) is 4.15. The second kappa shape index (κ2) is 8.16. The van der Waals surface area contributed by atoms with Gasteiger partial charge in [0.1, 0.15) is 0 Å². The first-order valence-electron chi connectivity index (χ1n) is 9.07. The number of halogens is 3. The zero-order chi connectivity index (χ0) is 19.7. The van der Waals surface area contributed by atoms with E-state index >= 15 is 0 Å². The lowest BCUT2D eigenvalue weighted by Gasteiger charge is -2.34. The molecule has 0 saturated carbocycles. The third-order valence-electron chi connectivity index (χ3n) is 5.05. The number of aromatic nitrogens is 1. The Balaban J connectivity index is 1.45. The molecule has 1 aliphatic heterocycles. The van der Waals surface area contributed by atoms with E-state index in [9.17, 15) is 4.79 Å². The van der Waals surface area contributed by atoms with Gasteiger partial charge in [0.05, 0.1) is 21.1 Å². The van der Waals surface area contributed by atoms with Crippen LogP contribution in [0.4, 0.5) is 5.69 Å². The maximum Gasteiger partial charge on any atom is 0.253 e. The van der Waals surface area contributed by atoms with Crippen molar-refractivity contribution in [1.29, 1.82) is 0 Å². The summed E-state index contributed by atoms with van der Waals surface area (Å²) in [6, 6.07) is 12.9. The Hall–Kier alpha value is -2.01. The second-order valence-corrected chi connectivity index (χ2v) is 8.05. The van der Waals surface area contributed by atoms with Gasteiger partial charge in [-0.15, -0.1) is 0 Å². The fourth-order valence-electron chi connectivity index (χ4n) is 3.59. The summed E-state index contributed by atoms with van der Waals surface area (Å²) in [7, 11) is 0. The van der Waals surface area contributed by atoms with Crippen LogP contribution in [0.25, 0.3) is 10.9 Å². The summed E-state index contributed by atoms with van der Waals surface area (Å²) < 4.78 is 0. The molecule has 1 fully saturated rings. The van der Waals surface area contributed by atoms with E-state index in [0.29, 0.717) is 20.6 Å². The fraction of sp³-hybridized carbons (Fsp3) is 0.238. The van der Waals surface area contributed by atoms with Crippen molar-refractivity contribution in [1.82, 2.24) is 10.3 Å². The highest BCUT2D eigenvalue weighted by Gasteiger charge is 2.23. The van der Waals surface area contributed by atoms with E-state index in [1.807, 2.05) is 30.5 Å². The molecule has 28 heavy (non-hydrogen) atoms. The lowest BCUT2D eigenvalue weighted by atomic mass is 10.0. The van der Waals surface area contributed by atoms with Crippen LogP contribution in [0, 0.1) is 0 Å². The number of carbonyl (C=O) groups excluding carboxylic acids is 1. The van der Waals surface area contributed by atoms with Crippen LogP contribution in [0.5, 0.6) is 0 Å². The molecule has 1 saturated heterocycles. The molecule has 1 amide bonds. The zero-order valence-electron chi connectivity index (χ0n) is 15.0. The Morgan fingerprint density at radius 1 is 1.07 bits per heavy atom. The maximum absolute atomic E-state index is 12.6. The molecule has 3 aromatic rings. The van der Waals surface area contributed by atoms with Gasteiger partial charge in [-0.25, -0.2) is 0 Å². The molecule has 0 radical (unpaired) electrons. The van der Waals surface area contributed by atoms with Crippen LogP contribution in [0.15, 0.2) is 48.7 Å². The number of amides is 1. The van der Waals surface area contributed by atoms with Crippen molar-refractivity contribution in [2.45, 2.75) is 18.9 Å².